The summed E-state index contributed by atoms with van der Waals surface area (Å²) in [5, 5.41) is 9.11. The number of ether oxygens (including phenoxy) is 1. The number of aromatic nitrogens is 1. The van der Waals surface area contributed by atoms with E-state index in [0.717, 1.165) is 31.0 Å². The highest BCUT2D eigenvalue weighted by Crippen LogP contribution is 2.46. The maximum Gasteiger partial charge on any atom is 0.304 e. The Morgan fingerprint density at radius 3 is 2.69 bits per heavy atom. The Labute approximate surface area is 212 Å². The molecular formula is C30H32N2O4. The van der Waals surface area contributed by atoms with Crippen molar-refractivity contribution in [2.45, 2.75) is 63.5 Å². The molecule has 1 saturated heterocycles. The molecule has 0 amide bonds. The van der Waals surface area contributed by atoms with Crippen LogP contribution in [0.15, 0.2) is 59.1 Å². The number of carboxylic acid groups (broad SMARTS) is 1. The molecule has 1 fully saturated rings. The summed E-state index contributed by atoms with van der Waals surface area (Å²) in [5.41, 5.74) is 4.34. The molecular weight excluding hydrogens is 452 g/mol. The first-order valence-corrected chi connectivity index (χ1v) is 12.7. The highest BCUT2D eigenvalue weighted by atomic mass is 16.5. The van der Waals surface area contributed by atoms with E-state index in [2.05, 4.69) is 46.0 Å². The third kappa shape index (κ3) is 5.32. The Hall–Kier alpha value is -3.56. The molecule has 2 aliphatic rings. The Bertz CT molecular complexity index is 1260. The molecule has 6 nitrogen and oxygen atoms in total. The van der Waals surface area contributed by atoms with Gasteiger partial charge in [-0.15, -0.1) is 5.92 Å². The zero-order chi connectivity index (χ0) is 25.0. The van der Waals surface area contributed by atoms with Crippen molar-refractivity contribution >= 4 is 5.97 Å². The molecule has 0 bridgehead atoms. The molecule has 1 spiro atoms. The highest BCUT2D eigenvalue weighted by Gasteiger charge is 2.40. The molecule has 0 saturated carbocycles. The Kier molecular flexibility index (Phi) is 7.11. The van der Waals surface area contributed by atoms with Crippen molar-refractivity contribution in [3.63, 3.8) is 0 Å². The van der Waals surface area contributed by atoms with Gasteiger partial charge in [-0.3, -0.25) is 9.69 Å². The van der Waals surface area contributed by atoms with Crippen LogP contribution in [-0.4, -0.2) is 34.0 Å². The Balaban J connectivity index is 1.12. The van der Waals surface area contributed by atoms with E-state index >= 15 is 0 Å². The third-order valence-electron chi connectivity index (χ3n) is 7.60. The molecule has 1 aromatic heterocycles. The second-order valence-electron chi connectivity index (χ2n) is 9.84. The predicted molar refractivity (Wildman–Crippen MR) is 137 cm³/mol. The summed E-state index contributed by atoms with van der Waals surface area (Å²) < 4.78 is 11.8. The molecule has 1 aliphatic carbocycles. The Morgan fingerprint density at radius 2 is 1.94 bits per heavy atom. The summed E-state index contributed by atoms with van der Waals surface area (Å²) >= 11 is 0. The number of aryl methyl sites for hydroxylation is 1. The quantitative estimate of drug-likeness (QED) is 0.437. The molecule has 36 heavy (non-hydrogen) atoms. The van der Waals surface area contributed by atoms with Gasteiger partial charge in [0.2, 0.25) is 5.89 Å². The number of piperidine rings is 1. The van der Waals surface area contributed by atoms with Crippen LogP contribution in [0, 0.1) is 11.8 Å². The average molecular weight is 485 g/mol. The molecule has 2 heterocycles. The summed E-state index contributed by atoms with van der Waals surface area (Å²) in [7, 11) is 0. The number of fused-ring (bicyclic) bond motifs is 2. The van der Waals surface area contributed by atoms with Crippen molar-refractivity contribution in [1.29, 1.82) is 0 Å². The second kappa shape index (κ2) is 10.6. The van der Waals surface area contributed by atoms with Crippen molar-refractivity contribution in [2.75, 3.05) is 13.1 Å². The van der Waals surface area contributed by atoms with Crippen LogP contribution in [0.1, 0.15) is 66.9 Å². The van der Waals surface area contributed by atoms with E-state index in [9.17, 15) is 4.79 Å². The Morgan fingerprint density at radius 1 is 1.17 bits per heavy atom. The van der Waals surface area contributed by atoms with Crippen LogP contribution in [0.2, 0.25) is 0 Å². The van der Waals surface area contributed by atoms with Gasteiger partial charge in [-0.1, -0.05) is 42.3 Å². The minimum atomic E-state index is -0.865. The first-order valence-electron chi connectivity index (χ1n) is 12.7. The monoisotopic (exact) mass is 484 g/mol. The highest BCUT2D eigenvalue weighted by molar-refractivity contribution is 5.69. The maximum atomic E-state index is 11.1. The lowest BCUT2D eigenvalue weighted by Crippen LogP contribution is -2.41. The van der Waals surface area contributed by atoms with Crippen LogP contribution in [0.4, 0.5) is 0 Å². The van der Waals surface area contributed by atoms with Gasteiger partial charge in [-0.25, -0.2) is 4.98 Å². The van der Waals surface area contributed by atoms with E-state index < -0.39 is 5.97 Å². The number of benzene rings is 2. The molecule has 1 atom stereocenters. The van der Waals surface area contributed by atoms with Gasteiger partial charge in [0, 0.05) is 0 Å². The van der Waals surface area contributed by atoms with Crippen molar-refractivity contribution in [1.82, 2.24) is 9.88 Å². The number of oxazole rings is 1. The number of rotatable bonds is 8. The summed E-state index contributed by atoms with van der Waals surface area (Å²) in [5.74, 6) is 6.67. The number of likely N-dealkylation sites (tertiary alicyclic amines) is 1. The lowest BCUT2D eigenvalue weighted by molar-refractivity contribution is -0.137. The molecule has 3 aromatic rings. The first kappa shape index (κ1) is 24.1. The molecule has 1 unspecified atom stereocenters. The number of hydrogen-bond donors (Lipinski definition) is 1. The summed E-state index contributed by atoms with van der Waals surface area (Å²) in [6, 6.07) is 16.4. The summed E-state index contributed by atoms with van der Waals surface area (Å²) in [6.45, 7) is 4.86. The van der Waals surface area contributed by atoms with Gasteiger partial charge in [0.15, 0.2) is 6.61 Å². The second-order valence-corrected chi connectivity index (χ2v) is 9.84. The standard InChI is InChI=1S/C30H32N2O4/c1-2-5-24(18-29(33)34)22-8-10-25(11-9-22)35-21-28-31-19-26(36-28)20-32-16-14-30(15-17-32)13-12-23-6-3-4-7-27(23)30/h3-4,6-11,19,24H,12-18,20-21H2,1H3,(H,33,34). The maximum absolute atomic E-state index is 11.1. The SMILES string of the molecule is CC#CC(CC(=O)O)c1ccc(OCc2ncc(CN3CCC4(CCc5ccccc54)CC3)o2)cc1. The fourth-order valence-corrected chi connectivity index (χ4v) is 5.67. The van der Waals surface area contributed by atoms with Gasteiger partial charge in [0.05, 0.1) is 25.1 Å². The number of carboxylic acids is 1. The van der Waals surface area contributed by atoms with Crippen molar-refractivity contribution in [2.24, 2.45) is 0 Å². The summed E-state index contributed by atoms with van der Waals surface area (Å²) in [6.07, 6.45) is 6.65. The molecule has 1 aliphatic heterocycles. The zero-order valence-corrected chi connectivity index (χ0v) is 20.7. The van der Waals surface area contributed by atoms with Gasteiger partial charge in [0.25, 0.3) is 0 Å². The molecule has 1 N–H and O–H groups in total. The van der Waals surface area contributed by atoms with Crippen LogP contribution in [0.3, 0.4) is 0 Å². The van der Waals surface area contributed by atoms with Gasteiger partial charge < -0.3 is 14.3 Å². The zero-order valence-electron chi connectivity index (χ0n) is 20.7. The number of hydrogen-bond acceptors (Lipinski definition) is 5. The molecule has 6 heteroatoms. The lowest BCUT2D eigenvalue weighted by Gasteiger charge is -2.39. The normalized spacial score (nSPS) is 17.2. The average Bonchev–Trinajstić information content (AvgIpc) is 3.49. The fraction of sp³-hybridized carbons (Fsp3) is 0.400. The topological polar surface area (TPSA) is 75.8 Å². The van der Waals surface area contributed by atoms with Crippen LogP contribution in [-0.2, 0) is 29.8 Å². The van der Waals surface area contributed by atoms with Crippen molar-refractivity contribution in [3.8, 4) is 17.6 Å². The predicted octanol–water partition coefficient (Wildman–Crippen LogP) is 5.32. The van der Waals surface area contributed by atoms with Crippen molar-refractivity contribution < 1.29 is 19.1 Å². The van der Waals surface area contributed by atoms with Crippen LogP contribution in [0.5, 0.6) is 5.75 Å². The third-order valence-corrected chi connectivity index (χ3v) is 7.60. The molecule has 0 radical (unpaired) electrons. The smallest absolute Gasteiger partial charge is 0.304 e. The minimum Gasteiger partial charge on any atom is -0.484 e. The van der Waals surface area contributed by atoms with E-state index in [4.69, 9.17) is 14.3 Å². The van der Waals surface area contributed by atoms with Gasteiger partial charge >= 0.3 is 5.97 Å². The van der Waals surface area contributed by atoms with Crippen LogP contribution in [0.25, 0.3) is 0 Å². The van der Waals surface area contributed by atoms with Crippen molar-refractivity contribution in [3.05, 3.63) is 83.1 Å². The molecule has 2 aromatic carbocycles. The van der Waals surface area contributed by atoms with Gasteiger partial charge in [-0.2, -0.15) is 0 Å². The first-order chi connectivity index (χ1) is 17.5. The summed E-state index contributed by atoms with van der Waals surface area (Å²) in [4.78, 5) is 18.0. The minimum absolute atomic E-state index is 0.0224. The molecule has 186 valence electrons. The number of nitrogens with zero attached hydrogens (tertiary/aromatic N) is 2. The number of aliphatic carboxylic acids is 1. The number of carbonyl (C=O) groups is 1. The van der Waals surface area contributed by atoms with E-state index in [0.29, 0.717) is 17.1 Å². The lowest BCUT2D eigenvalue weighted by atomic mass is 9.74. The fourth-order valence-electron chi connectivity index (χ4n) is 5.67. The van der Waals surface area contributed by atoms with Crippen LogP contribution >= 0.6 is 0 Å². The van der Waals surface area contributed by atoms with E-state index in [1.807, 2.05) is 24.3 Å². The van der Waals surface area contributed by atoms with E-state index in [1.54, 1.807) is 18.7 Å². The van der Waals surface area contributed by atoms with Gasteiger partial charge in [0.1, 0.15) is 11.5 Å². The van der Waals surface area contributed by atoms with Crippen LogP contribution < -0.4 is 4.74 Å². The van der Waals surface area contributed by atoms with E-state index in [-0.39, 0.29) is 18.9 Å². The van der Waals surface area contributed by atoms with Gasteiger partial charge in [-0.05, 0) is 79.9 Å². The largest absolute Gasteiger partial charge is 0.484 e. The van der Waals surface area contributed by atoms with E-state index in [1.165, 1.54) is 31.2 Å². The molecule has 5 rings (SSSR count).